The Hall–Kier alpha value is -3.75. The van der Waals surface area contributed by atoms with Gasteiger partial charge >= 0.3 is 6.09 Å². The van der Waals surface area contributed by atoms with E-state index in [0.29, 0.717) is 27.9 Å². The maximum absolute atomic E-state index is 12.9. The van der Waals surface area contributed by atoms with Gasteiger partial charge < -0.3 is 18.9 Å². The molecule has 1 unspecified atom stereocenters. The van der Waals surface area contributed by atoms with E-state index in [-0.39, 0.29) is 6.61 Å². The largest absolute Gasteiger partial charge is 0.493 e. The van der Waals surface area contributed by atoms with Crippen molar-refractivity contribution in [2.75, 3.05) is 21.3 Å². The molecule has 1 N–H and O–H groups in total. The molecular weight excluding hydrogens is 474 g/mol. The molecule has 0 aliphatic rings. The Morgan fingerprint density at radius 2 is 1.47 bits per heavy atom. The van der Waals surface area contributed by atoms with Crippen LogP contribution in [-0.4, -0.2) is 45.8 Å². The Bertz CT molecular complexity index is 1140. The average Bonchev–Trinajstić information content (AvgIpc) is 2.91. The van der Waals surface area contributed by atoms with Crippen molar-refractivity contribution >= 4 is 19.4 Å². The van der Waals surface area contributed by atoms with Crippen LogP contribution in [-0.2, 0) is 11.3 Å². The number of ether oxygens (including phenoxy) is 4. The predicted octanol–water partition coefficient (Wildman–Crippen LogP) is 5.49. The van der Waals surface area contributed by atoms with Gasteiger partial charge in [-0.25, -0.2) is 4.79 Å². The third kappa shape index (κ3) is 6.47. The second-order valence-electron chi connectivity index (χ2n) is 8.74. The summed E-state index contributed by atoms with van der Waals surface area (Å²) in [5, 5.41) is 12.9. The van der Waals surface area contributed by atoms with Gasteiger partial charge in [0.1, 0.15) is 20.7 Å². The highest BCUT2D eigenvalue weighted by Crippen LogP contribution is 2.41. The van der Waals surface area contributed by atoms with E-state index in [1.807, 2.05) is 54.6 Å². The van der Waals surface area contributed by atoms with E-state index in [9.17, 15) is 10.0 Å². The summed E-state index contributed by atoms with van der Waals surface area (Å²) in [7, 11) is 2.50. The van der Waals surface area contributed by atoms with Gasteiger partial charge in [-0.2, -0.15) is 5.06 Å². The lowest BCUT2D eigenvalue weighted by atomic mass is 10.1. The van der Waals surface area contributed by atoms with Crippen LogP contribution in [0.4, 0.5) is 4.79 Å². The molecule has 36 heavy (non-hydrogen) atoms. The number of carbonyl (C=O) groups excluding carboxylic acids is 1. The Morgan fingerprint density at radius 1 is 0.917 bits per heavy atom. The van der Waals surface area contributed by atoms with Gasteiger partial charge in [0, 0.05) is 0 Å². The number of methoxy groups -OCH3 is 3. The average molecular weight is 508 g/mol. The molecule has 0 aliphatic carbocycles. The number of hydrogen-bond acceptors (Lipinski definition) is 6. The molecule has 3 aromatic rings. The van der Waals surface area contributed by atoms with Crippen LogP contribution in [0.15, 0.2) is 84.6 Å². The van der Waals surface area contributed by atoms with Crippen LogP contribution in [0, 0.1) is 0 Å². The molecule has 190 valence electrons. The fraction of sp³-hybridized carbons (Fsp3) is 0.250. The van der Waals surface area contributed by atoms with Gasteiger partial charge in [0.2, 0.25) is 5.75 Å². The minimum absolute atomic E-state index is 0.0344. The van der Waals surface area contributed by atoms with Crippen LogP contribution < -0.4 is 19.4 Å². The third-order valence-electron chi connectivity index (χ3n) is 5.90. The highest BCUT2D eigenvalue weighted by atomic mass is 28.3. The molecule has 1 atom stereocenters. The van der Waals surface area contributed by atoms with Gasteiger partial charge in [-0.05, 0) is 23.3 Å². The first-order valence-corrected chi connectivity index (χ1v) is 14.6. The zero-order valence-corrected chi connectivity index (χ0v) is 22.3. The first kappa shape index (κ1) is 26.8. The number of carbonyl (C=O) groups is 1. The molecule has 7 nitrogen and oxygen atoms in total. The summed E-state index contributed by atoms with van der Waals surface area (Å²) in [6.07, 6.45) is 0.949. The van der Waals surface area contributed by atoms with Crippen molar-refractivity contribution in [2.24, 2.45) is 0 Å². The van der Waals surface area contributed by atoms with E-state index in [4.69, 9.17) is 18.9 Å². The Morgan fingerprint density at radius 3 is 2.00 bits per heavy atom. The van der Waals surface area contributed by atoms with Crippen LogP contribution >= 0.6 is 0 Å². The smallest absolute Gasteiger partial charge is 0.434 e. The summed E-state index contributed by atoms with van der Waals surface area (Å²) >= 11 is 0. The Kier molecular flexibility index (Phi) is 9.16. The predicted molar refractivity (Wildman–Crippen MR) is 142 cm³/mol. The van der Waals surface area contributed by atoms with E-state index < -0.39 is 20.2 Å². The third-order valence-corrected chi connectivity index (χ3v) is 8.74. The molecule has 1 amide bonds. The fourth-order valence-electron chi connectivity index (χ4n) is 3.80. The van der Waals surface area contributed by atoms with Gasteiger partial charge in [-0.1, -0.05) is 90.7 Å². The Labute approximate surface area is 213 Å². The molecule has 0 saturated heterocycles. The number of nitrogens with zero attached hydrogens (tertiary/aromatic N) is 1. The summed E-state index contributed by atoms with van der Waals surface area (Å²) in [6, 6.07) is 22.0. The number of rotatable bonds is 10. The van der Waals surface area contributed by atoms with E-state index in [1.54, 1.807) is 12.1 Å². The van der Waals surface area contributed by atoms with Crippen molar-refractivity contribution in [3.63, 3.8) is 0 Å². The van der Waals surface area contributed by atoms with Crippen molar-refractivity contribution in [3.05, 3.63) is 95.7 Å². The van der Waals surface area contributed by atoms with Crippen molar-refractivity contribution in [2.45, 2.75) is 25.7 Å². The van der Waals surface area contributed by atoms with Crippen LogP contribution in [0.5, 0.6) is 17.2 Å². The van der Waals surface area contributed by atoms with Crippen molar-refractivity contribution in [1.29, 1.82) is 0 Å². The highest BCUT2D eigenvalue weighted by Gasteiger charge is 2.28. The molecule has 8 heteroatoms. The molecule has 0 spiro atoms. The second kappa shape index (κ2) is 12.3. The summed E-state index contributed by atoms with van der Waals surface area (Å²) in [4.78, 5) is 12.9. The number of benzene rings is 3. The number of amides is 1. The molecular formula is C28H33NO6Si. The summed E-state index contributed by atoms with van der Waals surface area (Å²) in [5.41, 5.74) is 3.47. The summed E-state index contributed by atoms with van der Waals surface area (Å²) < 4.78 is 21.8. The van der Waals surface area contributed by atoms with E-state index in [2.05, 4.69) is 30.9 Å². The normalized spacial score (nSPS) is 12.2. The van der Waals surface area contributed by atoms with Crippen molar-refractivity contribution < 1.29 is 28.9 Å². The highest BCUT2D eigenvalue weighted by molar-refractivity contribution is 6.93. The van der Waals surface area contributed by atoms with Crippen molar-refractivity contribution in [3.8, 4) is 17.2 Å². The maximum atomic E-state index is 12.9. The molecule has 0 saturated carbocycles. The fourth-order valence-corrected chi connectivity index (χ4v) is 5.71. The topological polar surface area (TPSA) is 77.5 Å². The zero-order chi connectivity index (χ0) is 26.1. The zero-order valence-electron chi connectivity index (χ0n) is 21.3. The molecule has 3 aromatic carbocycles. The van der Waals surface area contributed by atoms with Gasteiger partial charge in [0.25, 0.3) is 0 Å². The van der Waals surface area contributed by atoms with Gasteiger partial charge in [-0.3, -0.25) is 5.21 Å². The SMILES string of the molecule is COc1cc(C(/C=C/[Si](C)(C)c2ccccc2)N(O)C(=O)OCc2ccccc2)cc(OC)c1OC. The lowest BCUT2D eigenvalue weighted by Gasteiger charge is -2.26. The van der Waals surface area contributed by atoms with Gasteiger partial charge in [-0.15, -0.1) is 0 Å². The standard InChI is InChI=1S/C28H33NO6Si/c1-32-25-18-22(19-26(33-2)27(25)34-3)24(16-17-36(4,5)23-14-10-7-11-15-23)29(31)28(30)35-20-21-12-8-6-9-13-21/h6-19,24,31H,20H2,1-5H3/b17-16+. The van der Waals surface area contributed by atoms with Gasteiger partial charge in [0.15, 0.2) is 11.5 Å². The van der Waals surface area contributed by atoms with Gasteiger partial charge in [0.05, 0.1) is 21.3 Å². The maximum Gasteiger partial charge on any atom is 0.434 e. The molecule has 0 heterocycles. The summed E-state index contributed by atoms with van der Waals surface area (Å²) in [5.74, 6) is 1.24. The molecule has 3 rings (SSSR count). The molecule has 0 fully saturated rings. The lowest BCUT2D eigenvalue weighted by molar-refractivity contribution is -0.0958. The van der Waals surface area contributed by atoms with E-state index in [1.165, 1.54) is 26.5 Å². The van der Waals surface area contributed by atoms with E-state index >= 15 is 0 Å². The molecule has 0 radical (unpaired) electrons. The van der Waals surface area contributed by atoms with E-state index in [0.717, 1.165) is 5.56 Å². The molecule has 0 aromatic heterocycles. The first-order valence-electron chi connectivity index (χ1n) is 11.5. The van der Waals surface area contributed by atoms with Crippen LogP contribution in [0.1, 0.15) is 17.2 Å². The second-order valence-corrected chi connectivity index (χ2v) is 13.1. The molecule has 0 bridgehead atoms. The van der Waals surface area contributed by atoms with Crippen molar-refractivity contribution in [1.82, 2.24) is 5.06 Å². The minimum atomic E-state index is -2.05. The first-order chi connectivity index (χ1) is 17.3. The summed E-state index contributed by atoms with van der Waals surface area (Å²) in [6.45, 7) is 4.42. The van der Waals surface area contributed by atoms with Crippen LogP contribution in [0.3, 0.4) is 0 Å². The number of hydrogen-bond donors (Lipinski definition) is 1. The lowest BCUT2D eigenvalue weighted by Crippen LogP contribution is -2.40. The van der Waals surface area contributed by atoms with Crippen LogP contribution in [0.2, 0.25) is 13.1 Å². The Balaban J connectivity index is 1.98. The number of hydroxylamine groups is 2. The minimum Gasteiger partial charge on any atom is -0.493 e. The van der Waals surface area contributed by atoms with Crippen LogP contribution in [0.25, 0.3) is 0 Å². The monoisotopic (exact) mass is 507 g/mol. The molecule has 0 aliphatic heterocycles. The quantitative estimate of drug-likeness (QED) is 0.222.